The summed E-state index contributed by atoms with van der Waals surface area (Å²) in [7, 11) is 0. The van der Waals surface area contributed by atoms with E-state index in [0.717, 1.165) is 0 Å². The number of hydrogen-bond donors (Lipinski definition) is 2. The molecular weight excluding hydrogens is 196 g/mol. The van der Waals surface area contributed by atoms with Gasteiger partial charge in [0.05, 0.1) is 11.8 Å². The fourth-order valence-electron chi connectivity index (χ4n) is 1.26. The monoisotopic (exact) mass is 204 g/mol. The molecule has 0 aliphatic heterocycles. The highest BCUT2D eigenvalue weighted by atomic mass is 16.4. The maximum Gasteiger partial charge on any atom is 0.329 e. The van der Waals surface area contributed by atoms with Gasteiger partial charge < -0.3 is 10.4 Å². The summed E-state index contributed by atoms with van der Waals surface area (Å²) in [5.74, 6) is -0.683. The number of nitrogens with zero attached hydrogens (tertiary/aromatic N) is 3. The Morgan fingerprint density at radius 3 is 2.93 bits per heavy atom. The van der Waals surface area contributed by atoms with Crippen molar-refractivity contribution < 1.29 is 9.90 Å². The highest BCUT2D eigenvalue weighted by Crippen LogP contribution is 2.39. The van der Waals surface area contributed by atoms with E-state index in [0.29, 0.717) is 18.4 Å². The summed E-state index contributed by atoms with van der Waals surface area (Å²) in [4.78, 5) is 10.9. The second-order valence-electron chi connectivity index (χ2n) is 3.42. The molecule has 76 valence electrons. The van der Waals surface area contributed by atoms with Gasteiger partial charge in [0.25, 0.3) is 0 Å². The average Bonchev–Trinajstić information content (AvgIpc) is 3.00. The fourth-order valence-corrected chi connectivity index (χ4v) is 1.26. The van der Waals surface area contributed by atoms with Gasteiger partial charge in [-0.15, -0.1) is 5.10 Å². The summed E-state index contributed by atoms with van der Waals surface area (Å²) in [5.41, 5.74) is -0.640. The topological polar surface area (TPSA) is 98.9 Å². The van der Waals surface area contributed by atoms with E-state index in [1.807, 2.05) is 6.07 Å². The van der Waals surface area contributed by atoms with Crippen molar-refractivity contribution in [1.82, 2.24) is 10.2 Å². The number of carboxylic acids is 1. The van der Waals surface area contributed by atoms with Crippen LogP contribution in [0, 0.1) is 11.3 Å². The molecule has 2 N–H and O–H groups in total. The van der Waals surface area contributed by atoms with Crippen LogP contribution < -0.4 is 5.32 Å². The fraction of sp³-hybridized carbons (Fsp3) is 0.333. The van der Waals surface area contributed by atoms with Gasteiger partial charge in [0.1, 0.15) is 11.6 Å². The highest BCUT2D eigenvalue weighted by molar-refractivity contribution is 5.86. The SMILES string of the molecule is N#Cc1ccnnc1NC1(C(=O)O)CC1. The number of nitriles is 1. The summed E-state index contributed by atoms with van der Waals surface area (Å²) in [5, 5.41) is 27.8. The summed E-state index contributed by atoms with van der Waals surface area (Å²) in [6, 6.07) is 3.42. The van der Waals surface area contributed by atoms with E-state index in [-0.39, 0.29) is 5.82 Å². The zero-order valence-corrected chi connectivity index (χ0v) is 7.77. The van der Waals surface area contributed by atoms with Gasteiger partial charge >= 0.3 is 5.97 Å². The Morgan fingerprint density at radius 2 is 2.40 bits per heavy atom. The van der Waals surface area contributed by atoms with Crippen LogP contribution in [-0.4, -0.2) is 26.8 Å². The van der Waals surface area contributed by atoms with Crippen LogP contribution in [0.25, 0.3) is 0 Å². The molecule has 1 fully saturated rings. The third-order valence-corrected chi connectivity index (χ3v) is 2.36. The zero-order valence-electron chi connectivity index (χ0n) is 7.77. The Morgan fingerprint density at radius 1 is 1.67 bits per heavy atom. The van der Waals surface area contributed by atoms with Crippen molar-refractivity contribution in [2.45, 2.75) is 18.4 Å². The van der Waals surface area contributed by atoms with Crippen LogP contribution in [0.15, 0.2) is 12.3 Å². The molecule has 2 rings (SSSR count). The number of carbonyl (C=O) groups is 1. The number of aromatic nitrogens is 2. The Hall–Kier alpha value is -2.16. The first-order chi connectivity index (χ1) is 7.18. The lowest BCUT2D eigenvalue weighted by atomic mass is 10.2. The van der Waals surface area contributed by atoms with Crippen LogP contribution in [0.4, 0.5) is 5.82 Å². The minimum Gasteiger partial charge on any atom is -0.480 e. The predicted molar refractivity (Wildman–Crippen MR) is 50.0 cm³/mol. The van der Waals surface area contributed by atoms with Crippen LogP contribution in [-0.2, 0) is 4.79 Å². The highest BCUT2D eigenvalue weighted by Gasteiger charge is 2.51. The summed E-state index contributed by atoms with van der Waals surface area (Å²) < 4.78 is 0. The van der Waals surface area contributed by atoms with Crippen LogP contribution in [0.5, 0.6) is 0 Å². The molecule has 0 spiro atoms. The van der Waals surface area contributed by atoms with E-state index >= 15 is 0 Å². The molecule has 6 nitrogen and oxygen atoms in total. The lowest BCUT2D eigenvalue weighted by Gasteiger charge is -2.12. The first-order valence-corrected chi connectivity index (χ1v) is 4.41. The molecular formula is C9H8N4O2. The molecule has 15 heavy (non-hydrogen) atoms. The Kier molecular flexibility index (Phi) is 2.01. The lowest BCUT2D eigenvalue weighted by Crippen LogP contribution is -2.32. The van der Waals surface area contributed by atoms with E-state index in [2.05, 4.69) is 15.5 Å². The van der Waals surface area contributed by atoms with Gasteiger partial charge in [-0.05, 0) is 18.9 Å². The van der Waals surface area contributed by atoms with Crippen molar-refractivity contribution in [2.24, 2.45) is 0 Å². The van der Waals surface area contributed by atoms with Crippen molar-refractivity contribution in [3.05, 3.63) is 17.8 Å². The largest absolute Gasteiger partial charge is 0.480 e. The molecule has 1 saturated carbocycles. The third-order valence-electron chi connectivity index (χ3n) is 2.36. The van der Waals surface area contributed by atoms with Crippen molar-refractivity contribution >= 4 is 11.8 Å². The quantitative estimate of drug-likeness (QED) is 0.738. The minimum absolute atomic E-state index is 0.236. The number of carboxylic acid groups (broad SMARTS) is 1. The van der Waals surface area contributed by atoms with Crippen molar-refractivity contribution in [1.29, 1.82) is 5.26 Å². The van der Waals surface area contributed by atoms with E-state index in [1.54, 1.807) is 0 Å². The van der Waals surface area contributed by atoms with Crippen LogP contribution in [0.1, 0.15) is 18.4 Å². The van der Waals surface area contributed by atoms with Crippen molar-refractivity contribution in [3.63, 3.8) is 0 Å². The van der Waals surface area contributed by atoms with E-state index < -0.39 is 11.5 Å². The number of nitrogens with one attached hydrogen (secondary N) is 1. The molecule has 0 unspecified atom stereocenters. The summed E-state index contributed by atoms with van der Waals surface area (Å²) in [6.07, 6.45) is 2.48. The zero-order chi connectivity index (χ0) is 10.9. The minimum atomic E-state index is -0.943. The average molecular weight is 204 g/mol. The van der Waals surface area contributed by atoms with Crippen LogP contribution in [0.3, 0.4) is 0 Å². The Labute approximate surface area is 85.6 Å². The van der Waals surface area contributed by atoms with Gasteiger partial charge in [-0.1, -0.05) is 0 Å². The number of hydrogen-bond acceptors (Lipinski definition) is 5. The number of anilines is 1. The van der Waals surface area contributed by atoms with Gasteiger partial charge in [-0.25, -0.2) is 4.79 Å². The van der Waals surface area contributed by atoms with E-state index in [4.69, 9.17) is 10.4 Å². The molecule has 0 radical (unpaired) electrons. The molecule has 0 bridgehead atoms. The first-order valence-electron chi connectivity index (χ1n) is 4.41. The Balaban J connectivity index is 2.26. The lowest BCUT2D eigenvalue weighted by molar-refractivity contribution is -0.138. The van der Waals surface area contributed by atoms with Crippen LogP contribution in [0.2, 0.25) is 0 Å². The second-order valence-corrected chi connectivity index (χ2v) is 3.42. The smallest absolute Gasteiger partial charge is 0.329 e. The number of aliphatic carboxylic acids is 1. The van der Waals surface area contributed by atoms with Gasteiger partial charge in [0, 0.05) is 0 Å². The standard InChI is InChI=1S/C9H8N4O2/c10-5-6-1-4-11-13-7(6)12-9(2-3-9)8(14)15/h1,4H,2-3H2,(H,12,13)(H,14,15). The van der Waals surface area contributed by atoms with Gasteiger partial charge in [0.15, 0.2) is 5.82 Å². The van der Waals surface area contributed by atoms with Gasteiger partial charge in [-0.3, -0.25) is 0 Å². The first kappa shape index (κ1) is 9.40. The van der Waals surface area contributed by atoms with Gasteiger partial charge in [-0.2, -0.15) is 10.4 Å². The maximum absolute atomic E-state index is 10.9. The summed E-state index contributed by atoms with van der Waals surface area (Å²) in [6.45, 7) is 0. The maximum atomic E-state index is 10.9. The number of rotatable bonds is 3. The molecule has 6 heteroatoms. The molecule has 0 aromatic carbocycles. The van der Waals surface area contributed by atoms with Crippen molar-refractivity contribution in [2.75, 3.05) is 5.32 Å². The molecule has 1 aromatic heterocycles. The van der Waals surface area contributed by atoms with Crippen LogP contribution >= 0.6 is 0 Å². The molecule has 1 heterocycles. The molecule has 0 atom stereocenters. The second kappa shape index (κ2) is 3.20. The van der Waals surface area contributed by atoms with E-state index in [9.17, 15) is 4.79 Å². The van der Waals surface area contributed by atoms with Gasteiger partial charge in [0.2, 0.25) is 0 Å². The summed E-state index contributed by atoms with van der Waals surface area (Å²) >= 11 is 0. The molecule has 1 aliphatic carbocycles. The molecule has 1 aromatic rings. The normalized spacial score (nSPS) is 16.5. The molecule has 1 aliphatic rings. The Bertz CT molecular complexity index is 448. The predicted octanol–water partition coefficient (Wildman–Crippen LogP) is 0.377. The third kappa shape index (κ3) is 1.59. The molecule has 0 amide bonds. The molecule has 0 saturated heterocycles. The van der Waals surface area contributed by atoms with E-state index in [1.165, 1.54) is 12.3 Å². The van der Waals surface area contributed by atoms with Crippen molar-refractivity contribution in [3.8, 4) is 6.07 Å².